The summed E-state index contributed by atoms with van der Waals surface area (Å²) in [5, 5.41) is 9.44. The van der Waals surface area contributed by atoms with Crippen LogP contribution in [0.15, 0.2) is 79.3 Å². The first-order valence-corrected chi connectivity index (χ1v) is 12.0. The van der Waals surface area contributed by atoms with Gasteiger partial charge in [0, 0.05) is 53.0 Å². The Hall–Kier alpha value is -4.40. The molecule has 0 aliphatic heterocycles. The van der Waals surface area contributed by atoms with Gasteiger partial charge in [0.05, 0.1) is 11.4 Å². The first-order valence-electron chi connectivity index (χ1n) is 12.0. The van der Waals surface area contributed by atoms with Crippen molar-refractivity contribution in [3.8, 4) is 33.6 Å². The number of nitrogens with one attached hydrogen (secondary N) is 2. The van der Waals surface area contributed by atoms with E-state index < -0.39 is 0 Å². The molecule has 4 N–H and O–H groups in total. The zero-order valence-corrected chi connectivity index (χ0v) is 20.5. The fourth-order valence-electron chi connectivity index (χ4n) is 4.83. The average molecular weight is 492 g/mol. The van der Waals surface area contributed by atoms with Gasteiger partial charge in [0.2, 0.25) is 0 Å². The van der Waals surface area contributed by atoms with E-state index >= 15 is 0 Å². The van der Waals surface area contributed by atoms with Crippen molar-refractivity contribution in [1.29, 1.82) is 0 Å². The highest BCUT2D eigenvalue weighted by Gasteiger charge is 2.16. The van der Waals surface area contributed by atoms with Crippen molar-refractivity contribution in [2.45, 2.75) is 6.04 Å². The number of nitrogens with two attached hydrogens (primary N) is 1. The molecule has 0 aliphatic rings. The first-order chi connectivity index (χ1) is 18.0. The molecule has 37 heavy (non-hydrogen) atoms. The van der Waals surface area contributed by atoms with Crippen LogP contribution >= 0.6 is 0 Å². The summed E-state index contributed by atoms with van der Waals surface area (Å²) < 4.78 is 14.7. The minimum absolute atomic E-state index is 0.288. The van der Waals surface area contributed by atoms with Crippen LogP contribution < -0.4 is 5.73 Å². The standard InChI is InChI=1S/C29H26FN7/c1-37(2)16-25(31)19-10-18(11-21(30)12-19)22-4-3-5-26-23(22)14-27(34-26)28-24-13-20(15-33-29(24)36-35-28)17-6-8-32-9-7-17/h3-15,25,34H,16,31H2,1-2H3,(H,33,35,36). The summed E-state index contributed by atoms with van der Waals surface area (Å²) in [6.45, 7) is 0.629. The lowest BCUT2D eigenvalue weighted by molar-refractivity contribution is 0.376. The number of rotatable bonds is 6. The highest BCUT2D eigenvalue weighted by Crippen LogP contribution is 2.35. The molecule has 0 aliphatic carbocycles. The molecule has 2 aromatic carbocycles. The lowest BCUT2D eigenvalue weighted by Crippen LogP contribution is -2.26. The Morgan fingerprint density at radius 1 is 0.946 bits per heavy atom. The molecule has 4 aromatic heterocycles. The number of pyridine rings is 2. The Kier molecular flexibility index (Phi) is 5.75. The molecule has 6 rings (SSSR count). The van der Waals surface area contributed by atoms with Gasteiger partial charge in [-0.05, 0) is 84.9 Å². The molecule has 0 fully saturated rings. The van der Waals surface area contributed by atoms with Crippen LogP contribution in [0.3, 0.4) is 0 Å². The summed E-state index contributed by atoms with van der Waals surface area (Å²) in [5.74, 6) is -0.302. The second-order valence-corrected chi connectivity index (χ2v) is 9.52. The fraction of sp³-hybridized carbons (Fsp3) is 0.138. The van der Waals surface area contributed by atoms with E-state index in [0.717, 1.165) is 55.5 Å². The maximum Gasteiger partial charge on any atom is 0.181 e. The van der Waals surface area contributed by atoms with E-state index in [-0.39, 0.29) is 11.9 Å². The van der Waals surface area contributed by atoms with Gasteiger partial charge in [-0.2, -0.15) is 5.10 Å². The topological polar surface area (TPSA) is 99.5 Å². The lowest BCUT2D eigenvalue weighted by Gasteiger charge is -2.18. The number of H-pyrrole nitrogens is 2. The van der Waals surface area contributed by atoms with Gasteiger partial charge in [-0.15, -0.1) is 0 Å². The van der Waals surface area contributed by atoms with Crippen molar-refractivity contribution in [2.24, 2.45) is 5.73 Å². The largest absolute Gasteiger partial charge is 0.353 e. The second kappa shape index (κ2) is 9.24. The summed E-state index contributed by atoms with van der Waals surface area (Å²) in [5.41, 5.74) is 14.2. The Bertz CT molecular complexity index is 1720. The molecular formula is C29H26FN7. The normalized spacial score (nSPS) is 12.6. The number of nitrogens with zero attached hydrogens (tertiary/aromatic N) is 4. The molecule has 184 valence electrons. The maximum absolute atomic E-state index is 14.7. The zero-order chi connectivity index (χ0) is 25.5. The Morgan fingerprint density at radius 2 is 1.78 bits per heavy atom. The van der Waals surface area contributed by atoms with E-state index in [9.17, 15) is 4.39 Å². The minimum Gasteiger partial charge on any atom is -0.353 e. The molecule has 7 nitrogen and oxygen atoms in total. The number of halogens is 1. The number of benzene rings is 2. The lowest BCUT2D eigenvalue weighted by atomic mass is 9.97. The fourth-order valence-corrected chi connectivity index (χ4v) is 4.83. The van der Waals surface area contributed by atoms with E-state index in [1.54, 1.807) is 18.5 Å². The number of aromatic nitrogens is 5. The van der Waals surface area contributed by atoms with Crippen LogP contribution in [-0.4, -0.2) is 50.7 Å². The quantitative estimate of drug-likeness (QED) is 0.284. The van der Waals surface area contributed by atoms with E-state index in [1.165, 1.54) is 6.07 Å². The van der Waals surface area contributed by atoms with Crippen molar-refractivity contribution in [1.82, 2.24) is 30.0 Å². The average Bonchev–Trinajstić information content (AvgIpc) is 3.52. The molecule has 0 amide bonds. The predicted molar refractivity (Wildman–Crippen MR) is 145 cm³/mol. The molecule has 8 heteroatoms. The summed E-state index contributed by atoms with van der Waals surface area (Å²) in [6.07, 6.45) is 5.34. The molecule has 0 spiro atoms. The second-order valence-electron chi connectivity index (χ2n) is 9.52. The highest BCUT2D eigenvalue weighted by molar-refractivity contribution is 6.01. The summed E-state index contributed by atoms with van der Waals surface area (Å²) in [7, 11) is 3.91. The monoisotopic (exact) mass is 491 g/mol. The van der Waals surface area contributed by atoms with Crippen LogP contribution in [0.4, 0.5) is 4.39 Å². The van der Waals surface area contributed by atoms with Crippen molar-refractivity contribution in [3.63, 3.8) is 0 Å². The van der Waals surface area contributed by atoms with Crippen molar-refractivity contribution < 1.29 is 4.39 Å². The van der Waals surface area contributed by atoms with Crippen LogP contribution in [0.1, 0.15) is 11.6 Å². The number of hydrogen-bond donors (Lipinski definition) is 3. The number of hydrogen-bond acceptors (Lipinski definition) is 5. The van der Waals surface area contributed by atoms with Gasteiger partial charge in [0.25, 0.3) is 0 Å². The summed E-state index contributed by atoms with van der Waals surface area (Å²) in [6, 6.07) is 18.8. The SMILES string of the molecule is CN(C)CC(N)c1cc(F)cc(-c2cccc3[nH]c(-c4[nH]nc5ncc(-c6ccncc6)cc45)cc23)c1. The number of likely N-dealkylation sites (N-methyl/N-ethyl adjacent to an activating group) is 1. The third kappa shape index (κ3) is 4.37. The van der Waals surface area contributed by atoms with E-state index in [0.29, 0.717) is 12.2 Å². The van der Waals surface area contributed by atoms with Crippen molar-refractivity contribution >= 4 is 21.9 Å². The van der Waals surface area contributed by atoms with Crippen LogP contribution in [0.25, 0.3) is 55.6 Å². The first kappa shape index (κ1) is 23.0. The molecule has 0 saturated heterocycles. The summed E-state index contributed by atoms with van der Waals surface area (Å²) >= 11 is 0. The van der Waals surface area contributed by atoms with E-state index in [2.05, 4.69) is 37.3 Å². The van der Waals surface area contributed by atoms with Crippen molar-refractivity contribution in [2.75, 3.05) is 20.6 Å². The van der Waals surface area contributed by atoms with Crippen molar-refractivity contribution in [3.05, 3.63) is 90.6 Å². The third-order valence-electron chi connectivity index (χ3n) is 6.58. The van der Waals surface area contributed by atoms with Gasteiger partial charge in [0.1, 0.15) is 5.82 Å². The van der Waals surface area contributed by atoms with E-state index in [1.807, 2.05) is 61.6 Å². The van der Waals surface area contributed by atoms with Gasteiger partial charge >= 0.3 is 0 Å². The molecule has 6 aromatic rings. The Balaban J connectivity index is 1.45. The molecule has 0 saturated carbocycles. The van der Waals surface area contributed by atoms with Gasteiger partial charge in [-0.3, -0.25) is 10.1 Å². The smallest absolute Gasteiger partial charge is 0.181 e. The molecule has 4 heterocycles. The Morgan fingerprint density at radius 3 is 2.59 bits per heavy atom. The van der Waals surface area contributed by atoms with Crippen LogP contribution in [0.5, 0.6) is 0 Å². The third-order valence-corrected chi connectivity index (χ3v) is 6.58. The molecule has 0 bridgehead atoms. The molecular weight excluding hydrogens is 465 g/mol. The molecule has 0 radical (unpaired) electrons. The van der Waals surface area contributed by atoms with Crippen LogP contribution in [0.2, 0.25) is 0 Å². The van der Waals surface area contributed by atoms with Crippen LogP contribution in [0, 0.1) is 5.82 Å². The van der Waals surface area contributed by atoms with Crippen LogP contribution in [-0.2, 0) is 0 Å². The predicted octanol–water partition coefficient (Wildman–Crippen LogP) is 5.54. The zero-order valence-electron chi connectivity index (χ0n) is 20.5. The number of aromatic amines is 2. The molecule has 1 unspecified atom stereocenters. The van der Waals surface area contributed by atoms with Gasteiger partial charge in [-0.1, -0.05) is 12.1 Å². The van der Waals surface area contributed by atoms with Gasteiger partial charge in [0.15, 0.2) is 5.65 Å². The van der Waals surface area contributed by atoms with Gasteiger partial charge in [-0.25, -0.2) is 9.37 Å². The number of fused-ring (bicyclic) bond motifs is 2. The molecule has 1 atom stereocenters. The minimum atomic E-state index is -0.302. The highest BCUT2D eigenvalue weighted by atomic mass is 19.1. The maximum atomic E-state index is 14.7. The van der Waals surface area contributed by atoms with E-state index in [4.69, 9.17) is 5.73 Å². The summed E-state index contributed by atoms with van der Waals surface area (Å²) in [4.78, 5) is 14.1. The van der Waals surface area contributed by atoms with Gasteiger partial charge < -0.3 is 15.6 Å². The Labute approximate surface area is 213 Å².